The molecule has 2 aromatic carbocycles. The number of carboxylic acids is 1. The molecule has 0 radical (unpaired) electrons. The van der Waals surface area contributed by atoms with Gasteiger partial charge in [0.25, 0.3) is 5.91 Å². The molecule has 1 saturated heterocycles. The molecule has 0 spiro atoms. The van der Waals surface area contributed by atoms with Crippen LogP contribution >= 0.6 is 0 Å². The second kappa shape index (κ2) is 13.7. The van der Waals surface area contributed by atoms with Gasteiger partial charge >= 0.3 is 12.1 Å². The van der Waals surface area contributed by atoms with Crippen LogP contribution < -0.4 is 14.8 Å². The van der Waals surface area contributed by atoms with Crippen LogP contribution in [-0.2, 0) is 25.7 Å². The van der Waals surface area contributed by atoms with Crippen LogP contribution in [-0.4, -0.2) is 84.7 Å². The first-order valence-electron chi connectivity index (χ1n) is 11.9. The first-order chi connectivity index (χ1) is 17.9. The maximum absolute atomic E-state index is 12.6. The zero-order chi connectivity index (χ0) is 26.6. The minimum absolute atomic E-state index is 0.00603. The normalized spacial score (nSPS) is 13.9. The summed E-state index contributed by atoms with van der Waals surface area (Å²) in [7, 11) is 1.56. The van der Waals surface area contributed by atoms with Crippen molar-refractivity contribution in [3.63, 3.8) is 0 Å². The molecule has 11 heteroatoms. The van der Waals surface area contributed by atoms with Crippen molar-refractivity contribution in [2.45, 2.75) is 25.5 Å². The molecule has 3 amide bonds. The highest BCUT2D eigenvalue weighted by atomic mass is 16.5. The molecular formula is C26H31N3O8. The van der Waals surface area contributed by atoms with E-state index in [0.717, 1.165) is 5.56 Å². The Bertz CT molecular complexity index is 1050. The molecule has 0 saturated carbocycles. The smallest absolute Gasteiger partial charge is 0.408 e. The van der Waals surface area contributed by atoms with Crippen molar-refractivity contribution >= 4 is 23.9 Å². The van der Waals surface area contributed by atoms with Gasteiger partial charge in [-0.05, 0) is 36.2 Å². The van der Waals surface area contributed by atoms with Crippen LogP contribution in [0.2, 0.25) is 0 Å². The number of ether oxygens (including phenoxy) is 3. The van der Waals surface area contributed by atoms with Crippen molar-refractivity contribution < 1.29 is 38.5 Å². The van der Waals surface area contributed by atoms with E-state index in [9.17, 15) is 24.3 Å². The second-order valence-corrected chi connectivity index (χ2v) is 8.36. The molecule has 198 valence electrons. The number of benzene rings is 2. The Labute approximate surface area is 214 Å². The lowest BCUT2D eigenvalue weighted by Gasteiger charge is -2.35. The highest BCUT2D eigenvalue weighted by Gasteiger charge is 2.27. The molecule has 1 aliphatic heterocycles. The topological polar surface area (TPSA) is 135 Å². The van der Waals surface area contributed by atoms with E-state index in [4.69, 9.17) is 14.2 Å². The number of carbonyl (C=O) groups is 4. The standard InChI is InChI=1S/C26H31N3O8/c1-35-20-7-9-21(10-8-20)36-18-24(31)29-15-13-28(14-16-29)23(30)12-11-22(25(32)33)27-26(34)37-17-19-5-3-2-4-6-19/h2-10,22H,11-18H2,1H3,(H,27,34)(H,32,33)/t22-/m0/s1. The van der Waals surface area contributed by atoms with Gasteiger partial charge in [0.2, 0.25) is 5.91 Å². The van der Waals surface area contributed by atoms with Crippen LogP contribution in [0.3, 0.4) is 0 Å². The van der Waals surface area contributed by atoms with Crippen LogP contribution in [0.5, 0.6) is 11.5 Å². The highest BCUT2D eigenvalue weighted by Crippen LogP contribution is 2.17. The minimum atomic E-state index is -1.26. The van der Waals surface area contributed by atoms with Crippen LogP contribution in [0.25, 0.3) is 0 Å². The average Bonchev–Trinajstić information content (AvgIpc) is 2.93. The van der Waals surface area contributed by atoms with Crippen molar-refractivity contribution in [3.05, 3.63) is 60.2 Å². The number of methoxy groups -OCH3 is 1. The van der Waals surface area contributed by atoms with E-state index in [0.29, 0.717) is 37.7 Å². The molecule has 37 heavy (non-hydrogen) atoms. The van der Waals surface area contributed by atoms with E-state index in [2.05, 4.69) is 5.32 Å². The summed E-state index contributed by atoms with van der Waals surface area (Å²) in [5.41, 5.74) is 0.768. The number of piperazine rings is 1. The minimum Gasteiger partial charge on any atom is -0.497 e. The Morgan fingerprint density at radius 2 is 1.49 bits per heavy atom. The van der Waals surface area contributed by atoms with Crippen LogP contribution in [0, 0.1) is 0 Å². The zero-order valence-corrected chi connectivity index (χ0v) is 20.6. The van der Waals surface area contributed by atoms with Crippen LogP contribution in [0.15, 0.2) is 54.6 Å². The molecule has 0 aliphatic carbocycles. The largest absolute Gasteiger partial charge is 0.497 e. The van der Waals surface area contributed by atoms with Crippen molar-refractivity contribution in [2.75, 3.05) is 39.9 Å². The Balaban J connectivity index is 1.37. The van der Waals surface area contributed by atoms with Gasteiger partial charge in [0.1, 0.15) is 24.1 Å². The molecule has 3 rings (SSSR count). The average molecular weight is 514 g/mol. The zero-order valence-electron chi connectivity index (χ0n) is 20.6. The molecular weight excluding hydrogens is 482 g/mol. The number of alkyl carbamates (subject to hydrolysis) is 1. The number of aliphatic carboxylic acids is 1. The molecule has 0 unspecified atom stereocenters. The molecule has 1 heterocycles. The first-order valence-corrected chi connectivity index (χ1v) is 11.9. The van der Waals surface area contributed by atoms with E-state index in [1.54, 1.807) is 65.4 Å². The van der Waals surface area contributed by atoms with Gasteiger partial charge in [-0.1, -0.05) is 30.3 Å². The lowest BCUT2D eigenvalue weighted by atomic mass is 10.1. The summed E-state index contributed by atoms with van der Waals surface area (Å²) < 4.78 is 15.7. The van der Waals surface area contributed by atoms with Gasteiger partial charge in [0, 0.05) is 32.6 Å². The van der Waals surface area contributed by atoms with Gasteiger partial charge in [0.05, 0.1) is 7.11 Å². The first kappa shape index (κ1) is 27.3. The van der Waals surface area contributed by atoms with E-state index in [1.807, 2.05) is 6.07 Å². The number of nitrogens with one attached hydrogen (secondary N) is 1. The lowest BCUT2D eigenvalue weighted by molar-refractivity contribution is -0.142. The van der Waals surface area contributed by atoms with Gasteiger partial charge in [-0.25, -0.2) is 9.59 Å². The SMILES string of the molecule is COc1ccc(OCC(=O)N2CCN(C(=O)CC[C@H](NC(=O)OCc3ccccc3)C(=O)O)CC2)cc1. The van der Waals surface area contributed by atoms with Gasteiger partial charge in [-0.3, -0.25) is 9.59 Å². The quantitative estimate of drug-likeness (QED) is 0.465. The van der Waals surface area contributed by atoms with Crippen molar-refractivity contribution in [1.29, 1.82) is 0 Å². The number of carboxylic acid groups (broad SMARTS) is 1. The Morgan fingerprint density at radius 1 is 0.892 bits per heavy atom. The summed E-state index contributed by atoms with van der Waals surface area (Å²) in [5.74, 6) is -0.447. The second-order valence-electron chi connectivity index (χ2n) is 8.36. The maximum atomic E-state index is 12.6. The van der Waals surface area contributed by atoms with Crippen molar-refractivity contribution in [3.8, 4) is 11.5 Å². The lowest BCUT2D eigenvalue weighted by Crippen LogP contribution is -2.52. The van der Waals surface area contributed by atoms with E-state index in [1.165, 1.54) is 0 Å². The van der Waals surface area contributed by atoms with E-state index < -0.39 is 18.1 Å². The summed E-state index contributed by atoms with van der Waals surface area (Å²) in [6.07, 6.45) is -1.01. The maximum Gasteiger partial charge on any atom is 0.408 e. The van der Waals surface area contributed by atoms with Gasteiger partial charge in [-0.2, -0.15) is 0 Å². The third-order valence-electron chi connectivity index (χ3n) is 5.86. The summed E-state index contributed by atoms with van der Waals surface area (Å²) in [6.45, 7) is 1.25. The molecule has 1 fully saturated rings. The fraction of sp³-hybridized carbons (Fsp3) is 0.385. The summed E-state index contributed by atoms with van der Waals surface area (Å²) in [5, 5.41) is 11.7. The van der Waals surface area contributed by atoms with Gasteiger partial charge < -0.3 is 34.4 Å². The number of amides is 3. The third-order valence-corrected chi connectivity index (χ3v) is 5.86. The molecule has 1 aliphatic rings. The molecule has 1 atom stereocenters. The van der Waals surface area contributed by atoms with Crippen molar-refractivity contribution in [1.82, 2.24) is 15.1 Å². The Morgan fingerprint density at radius 3 is 2.08 bits per heavy atom. The van der Waals surface area contributed by atoms with E-state index in [-0.39, 0.29) is 37.9 Å². The number of hydrogen-bond donors (Lipinski definition) is 2. The molecule has 0 bridgehead atoms. The Hall–Kier alpha value is -4.28. The number of rotatable bonds is 11. The van der Waals surface area contributed by atoms with Crippen LogP contribution in [0.4, 0.5) is 4.79 Å². The summed E-state index contributed by atoms with van der Waals surface area (Å²) in [4.78, 5) is 51.8. The molecule has 2 aromatic rings. The van der Waals surface area contributed by atoms with Crippen molar-refractivity contribution in [2.24, 2.45) is 0 Å². The molecule has 2 N–H and O–H groups in total. The van der Waals surface area contributed by atoms with Gasteiger partial charge in [-0.15, -0.1) is 0 Å². The van der Waals surface area contributed by atoms with Crippen LogP contribution in [0.1, 0.15) is 18.4 Å². The number of carbonyl (C=O) groups excluding carboxylic acids is 3. The monoisotopic (exact) mass is 513 g/mol. The highest BCUT2D eigenvalue weighted by molar-refractivity contribution is 5.82. The number of hydrogen-bond acceptors (Lipinski definition) is 7. The summed E-state index contributed by atoms with van der Waals surface area (Å²) >= 11 is 0. The number of nitrogens with zero attached hydrogens (tertiary/aromatic N) is 2. The molecule has 11 nitrogen and oxygen atoms in total. The fourth-order valence-electron chi connectivity index (χ4n) is 3.70. The van der Waals surface area contributed by atoms with E-state index >= 15 is 0 Å². The Kier molecular flexibility index (Phi) is 10.1. The fourth-order valence-corrected chi connectivity index (χ4v) is 3.70. The van der Waals surface area contributed by atoms with Gasteiger partial charge in [0.15, 0.2) is 6.61 Å². The molecule has 0 aromatic heterocycles. The third kappa shape index (κ3) is 8.71. The summed E-state index contributed by atoms with van der Waals surface area (Å²) in [6, 6.07) is 14.6. The predicted molar refractivity (Wildman–Crippen MR) is 132 cm³/mol. The predicted octanol–water partition coefficient (Wildman–Crippen LogP) is 1.90.